The molecule has 0 unspecified atom stereocenters. The summed E-state index contributed by atoms with van der Waals surface area (Å²) >= 11 is 0. The summed E-state index contributed by atoms with van der Waals surface area (Å²) < 4.78 is 45.3. The zero-order valence-electron chi connectivity index (χ0n) is 27.4. The largest absolute Gasteiger partial charge is 2.00 e. The van der Waals surface area contributed by atoms with Crippen LogP contribution in [0.4, 0.5) is 22.7 Å². The van der Waals surface area contributed by atoms with Gasteiger partial charge in [-0.3, -0.25) is 9.59 Å². The van der Waals surface area contributed by atoms with E-state index in [2.05, 4.69) is 31.1 Å². The van der Waals surface area contributed by atoms with Gasteiger partial charge >= 0.3 is 16.8 Å². The fourth-order valence-corrected chi connectivity index (χ4v) is 4.75. The molecule has 0 aliphatic heterocycles. The van der Waals surface area contributed by atoms with Crippen LogP contribution >= 0.6 is 0 Å². The molecule has 0 bridgehead atoms. The molecule has 279 valence electrons. The maximum Gasteiger partial charge on any atom is 2.00 e. The molecule has 4 rings (SSSR count). The molecule has 21 heteroatoms. The molecule has 0 fully saturated rings. The van der Waals surface area contributed by atoms with Gasteiger partial charge in [-0.1, -0.05) is 73.9 Å². The predicted octanol–water partition coefficient (Wildman–Crippen LogP) is 1.44. The van der Waals surface area contributed by atoms with Gasteiger partial charge < -0.3 is 31.1 Å². The summed E-state index contributed by atoms with van der Waals surface area (Å²) in [6.45, 7) is 2.22. The number of hydrogen-bond acceptors (Lipinski definition) is 14. The van der Waals surface area contributed by atoms with E-state index in [1.54, 1.807) is 60.7 Å². The van der Waals surface area contributed by atoms with Crippen LogP contribution in [0.3, 0.4) is 0 Å². The Morgan fingerprint density at radius 2 is 0.906 bits per heavy atom. The third kappa shape index (κ3) is 13.3. The number of benzene rings is 4. The molecule has 0 heterocycles. The van der Waals surface area contributed by atoms with Crippen molar-refractivity contribution >= 4 is 54.6 Å². The van der Waals surface area contributed by atoms with Crippen LogP contribution in [0.15, 0.2) is 150 Å². The van der Waals surface area contributed by atoms with E-state index >= 15 is 0 Å². The third-order valence-corrected chi connectivity index (χ3v) is 8.02. The van der Waals surface area contributed by atoms with Crippen LogP contribution in [0.5, 0.6) is 11.5 Å². The van der Waals surface area contributed by atoms with Crippen molar-refractivity contribution in [2.24, 2.45) is 30.7 Å². The van der Waals surface area contributed by atoms with Gasteiger partial charge in [-0.15, -0.1) is 21.7 Å². The summed E-state index contributed by atoms with van der Waals surface area (Å²) in [5.74, 6) is -4.29. The Hall–Kier alpha value is -5.97. The molecule has 0 aromatic heterocycles. The number of para-hydroxylation sites is 2. The summed E-state index contributed by atoms with van der Waals surface area (Å²) in [7, 11) is -8.10. The number of anilines is 2. The van der Waals surface area contributed by atoms with Crippen LogP contribution in [0.2, 0.25) is 0 Å². The van der Waals surface area contributed by atoms with Gasteiger partial charge in [-0.05, 0) is 48.5 Å². The average molecular weight is 808 g/mol. The SMILES string of the molecule is C/C([O-])=C(/N=Nc1cc(S(N)(=O)=O)ccc1[O-])C(=O)Nc1ccccc1.C/C([O-])=C(\N=Nc1cc(S(N)(=O)=O)ccc1[O-])C(=O)Nc1ccccc1.[Co+2]. The minimum atomic E-state index is -4.05. The monoisotopic (exact) mass is 807 g/mol. The van der Waals surface area contributed by atoms with Crippen molar-refractivity contribution in [3.8, 4) is 11.5 Å². The Bertz CT molecular complexity index is 2130. The molecule has 4 aromatic carbocycles. The van der Waals surface area contributed by atoms with Gasteiger partial charge in [0.15, 0.2) is 0 Å². The van der Waals surface area contributed by atoms with E-state index in [1.165, 1.54) is 0 Å². The number of azo groups is 2. The molecule has 0 spiro atoms. The minimum absolute atomic E-state index is 0. The van der Waals surface area contributed by atoms with Gasteiger partial charge in [0.1, 0.15) is 11.4 Å². The molecule has 0 saturated heterocycles. The third-order valence-electron chi connectivity index (χ3n) is 6.19. The first-order valence-electron chi connectivity index (χ1n) is 14.4. The Morgan fingerprint density at radius 1 is 0.585 bits per heavy atom. The van der Waals surface area contributed by atoms with Crippen molar-refractivity contribution in [2.75, 3.05) is 10.6 Å². The Morgan fingerprint density at radius 3 is 1.19 bits per heavy atom. The quantitative estimate of drug-likeness (QED) is 0.101. The van der Waals surface area contributed by atoms with Crippen molar-refractivity contribution in [1.29, 1.82) is 0 Å². The number of carbonyl (C=O) groups is 2. The maximum absolute atomic E-state index is 12.2. The summed E-state index contributed by atoms with van der Waals surface area (Å²) in [5.41, 5.74) is -0.964. The van der Waals surface area contributed by atoms with Gasteiger partial charge in [0.25, 0.3) is 11.8 Å². The molecule has 0 saturated carbocycles. The summed E-state index contributed by atoms with van der Waals surface area (Å²) in [6, 6.07) is 22.5. The molecule has 0 atom stereocenters. The predicted molar refractivity (Wildman–Crippen MR) is 179 cm³/mol. The Labute approximate surface area is 313 Å². The second kappa shape index (κ2) is 19.0. The van der Waals surface area contributed by atoms with E-state index in [1.807, 2.05) is 0 Å². The van der Waals surface area contributed by atoms with Crippen LogP contribution < -0.4 is 41.3 Å². The van der Waals surface area contributed by atoms with Crippen LogP contribution in [-0.2, 0) is 46.4 Å². The van der Waals surface area contributed by atoms with E-state index in [-0.39, 0.29) is 37.9 Å². The first-order valence-corrected chi connectivity index (χ1v) is 17.5. The molecule has 1 radical (unpaired) electrons. The molecular weight excluding hydrogens is 779 g/mol. The van der Waals surface area contributed by atoms with Crippen LogP contribution in [-0.4, -0.2) is 28.6 Å². The topological polar surface area (TPSA) is 320 Å². The summed E-state index contributed by atoms with van der Waals surface area (Å²) in [6.07, 6.45) is 0. The molecule has 53 heavy (non-hydrogen) atoms. The van der Waals surface area contributed by atoms with Crippen LogP contribution in [0.25, 0.3) is 0 Å². The standard InChI is InChI=1S/2C16H16N4O5S.Co/c2*1-10(21)15(16(23)18-11-5-3-2-4-6-11)20-19-13-9-12(26(17,24)25)7-8-14(13)22;/h2*2-9,21-22H,1H3,(H,18,23)(H2,17,24,25);/q;;+2/p-4/b15-10+,20-19?;15-10-,20-19?;. The normalized spacial score (nSPS) is 12.5. The Kier molecular flexibility index (Phi) is 15.5. The fourth-order valence-electron chi connectivity index (χ4n) is 3.69. The fraction of sp³-hybridized carbons (Fsp3) is 0.0625. The van der Waals surface area contributed by atoms with Gasteiger partial charge in [0.2, 0.25) is 20.0 Å². The van der Waals surface area contributed by atoms with Crippen molar-refractivity contribution < 1.29 is 63.6 Å². The molecule has 2 amide bonds. The number of amides is 2. The second-order valence-electron chi connectivity index (χ2n) is 10.2. The summed E-state index contributed by atoms with van der Waals surface area (Å²) in [4.78, 5) is 23.7. The minimum Gasteiger partial charge on any atom is -0.874 e. The number of hydrogen-bond donors (Lipinski definition) is 4. The molecule has 6 N–H and O–H groups in total. The van der Waals surface area contributed by atoms with Crippen LogP contribution in [0, 0.1) is 0 Å². The van der Waals surface area contributed by atoms with Crippen molar-refractivity contribution in [2.45, 2.75) is 23.6 Å². The summed E-state index contributed by atoms with van der Waals surface area (Å²) in [5, 5.41) is 75.9. The first kappa shape index (κ1) is 43.2. The molecule has 18 nitrogen and oxygen atoms in total. The van der Waals surface area contributed by atoms with E-state index in [9.17, 15) is 46.9 Å². The van der Waals surface area contributed by atoms with Crippen molar-refractivity contribution in [3.05, 3.63) is 120 Å². The molecule has 4 aromatic rings. The van der Waals surface area contributed by atoms with Crippen LogP contribution in [0.1, 0.15) is 13.8 Å². The number of nitrogens with two attached hydrogens (primary N) is 2. The van der Waals surface area contributed by atoms with E-state index in [0.29, 0.717) is 11.4 Å². The van der Waals surface area contributed by atoms with E-state index in [0.717, 1.165) is 50.2 Å². The second-order valence-corrected chi connectivity index (χ2v) is 13.3. The average Bonchev–Trinajstić information content (AvgIpc) is 3.06. The maximum atomic E-state index is 12.2. The van der Waals surface area contributed by atoms with Gasteiger partial charge in [0, 0.05) is 11.4 Å². The number of allylic oxidation sites excluding steroid dienone is 2. The van der Waals surface area contributed by atoms with E-state index in [4.69, 9.17) is 10.3 Å². The van der Waals surface area contributed by atoms with Gasteiger partial charge in [-0.2, -0.15) is 10.2 Å². The Balaban J connectivity index is 0.000000360. The number of carbonyl (C=O) groups excluding carboxylic acids is 2. The van der Waals surface area contributed by atoms with Gasteiger partial charge in [-0.25, -0.2) is 27.1 Å². The van der Waals surface area contributed by atoms with Crippen molar-refractivity contribution in [3.63, 3.8) is 0 Å². The van der Waals surface area contributed by atoms with E-state index < -0.39 is 66.3 Å². The number of nitrogens with zero attached hydrogens (tertiary/aromatic N) is 4. The first-order chi connectivity index (χ1) is 24.4. The van der Waals surface area contributed by atoms with Gasteiger partial charge in [0.05, 0.1) is 21.2 Å². The number of sulfonamides is 2. The smallest absolute Gasteiger partial charge is 0.874 e. The van der Waals surface area contributed by atoms with Crippen molar-refractivity contribution in [1.82, 2.24) is 0 Å². The number of primary sulfonamides is 2. The molecule has 0 aliphatic rings. The molecule has 0 aliphatic carbocycles. The number of nitrogens with one attached hydrogen (secondary N) is 2. The molecular formula is C32H28CoN8O10S2-2. The zero-order valence-corrected chi connectivity index (χ0v) is 30.1. The number of rotatable bonds is 10. The zero-order chi connectivity index (χ0) is 38.6.